The Kier molecular flexibility index (Phi) is 1.85. The number of pyridine rings is 1. The summed E-state index contributed by atoms with van der Waals surface area (Å²) in [6, 6.07) is 2.59. The summed E-state index contributed by atoms with van der Waals surface area (Å²) >= 11 is 0. The zero-order valence-corrected chi connectivity index (χ0v) is 9.04. The van der Waals surface area contributed by atoms with E-state index in [4.69, 9.17) is 12.3 Å². The maximum atomic E-state index is 12.7. The Morgan fingerprint density at radius 2 is 2.06 bits per heavy atom. The lowest BCUT2D eigenvalue weighted by atomic mass is 10.1. The molecule has 6 heteroatoms. The summed E-state index contributed by atoms with van der Waals surface area (Å²) in [5.74, 6) is 0. The van der Waals surface area contributed by atoms with Crippen molar-refractivity contribution in [3.8, 4) is 0 Å². The van der Waals surface area contributed by atoms with Gasteiger partial charge in [0.25, 0.3) is 0 Å². The van der Waals surface area contributed by atoms with Gasteiger partial charge in [-0.15, -0.1) is 0 Å². The van der Waals surface area contributed by atoms with Crippen molar-refractivity contribution in [3.05, 3.63) is 29.6 Å². The van der Waals surface area contributed by atoms with Gasteiger partial charge in [-0.05, 0) is 32.7 Å². The smallest absolute Gasteiger partial charge is 0.385 e. The van der Waals surface area contributed by atoms with E-state index >= 15 is 0 Å². The number of β-amino-alcohol motifs (C(OH)–C–C–N with tert-alkyl or cyclic N) is 1. The summed E-state index contributed by atoms with van der Waals surface area (Å²) < 4.78 is 105. The van der Waals surface area contributed by atoms with Crippen LogP contribution in [0.2, 0.25) is 0 Å². The quantitative estimate of drug-likeness (QED) is 0.888. The van der Waals surface area contributed by atoms with Gasteiger partial charge in [0.15, 0.2) is 0 Å². The molecule has 1 atom stereocenters. The van der Waals surface area contributed by atoms with Crippen molar-refractivity contribution in [3.63, 3.8) is 0 Å². The molecule has 0 spiro atoms. The molecule has 0 aromatic carbocycles. The lowest BCUT2D eigenvalue weighted by Crippen LogP contribution is -2.38. The molecular weight excluding hydrogens is 245 g/mol. The first-order valence-corrected chi connectivity index (χ1v) is 4.82. The number of nitrogens with zero attached hydrogens (tertiary/aromatic N) is 1. The monoisotopic (exact) mass is 271 g/mol. The summed E-state index contributed by atoms with van der Waals surface area (Å²) in [4.78, 5) is 3.19. The summed E-state index contributed by atoms with van der Waals surface area (Å²) in [6.45, 7) is -11.6. The van der Waals surface area contributed by atoms with Crippen LogP contribution in [0.5, 0.6) is 0 Å². The maximum absolute atomic E-state index is 12.7. The van der Waals surface area contributed by atoms with E-state index in [1.807, 2.05) is 5.32 Å². The van der Waals surface area contributed by atoms with Gasteiger partial charge in [-0.3, -0.25) is 0 Å². The van der Waals surface area contributed by atoms with Gasteiger partial charge in [0.2, 0.25) is 0 Å². The van der Waals surface area contributed by atoms with Gasteiger partial charge in [-0.25, -0.2) is 4.98 Å². The van der Waals surface area contributed by atoms with E-state index in [0.29, 0.717) is 6.07 Å². The first-order valence-electron chi connectivity index (χ1n) is 9.32. The predicted molar refractivity (Wildman–Crippen MR) is 62.0 cm³/mol. The molecule has 0 aliphatic heterocycles. The Balaban J connectivity index is 3.24. The highest BCUT2D eigenvalue weighted by atomic mass is 19.4. The van der Waals surface area contributed by atoms with Crippen molar-refractivity contribution < 1.29 is 30.6 Å². The van der Waals surface area contributed by atoms with Gasteiger partial charge >= 0.3 is 6.18 Å². The number of alkyl halides is 3. The van der Waals surface area contributed by atoms with Gasteiger partial charge in [-0.2, -0.15) is 13.2 Å². The molecule has 3 nitrogen and oxygen atoms in total. The molecule has 1 aromatic rings. The fourth-order valence-electron chi connectivity index (χ4n) is 1.15. The Bertz CT molecular complexity index is 619. The molecule has 18 heavy (non-hydrogen) atoms. The minimum atomic E-state index is -4.80. The predicted octanol–water partition coefficient (Wildman–Crippen LogP) is 2.52. The summed E-state index contributed by atoms with van der Waals surface area (Å²) in [6.07, 6.45) is -6.69. The molecule has 2 N–H and O–H groups in total. The number of aromatic nitrogens is 1. The van der Waals surface area contributed by atoms with E-state index in [0.717, 1.165) is 12.1 Å². The van der Waals surface area contributed by atoms with Crippen LogP contribution in [0.4, 0.5) is 13.2 Å². The molecule has 0 radical (unpaired) electrons. The number of halogens is 3. The molecule has 1 rings (SSSR count). The molecule has 1 heterocycles. The van der Waals surface area contributed by atoms with Gasteiger partial charge in [0.05, 0.1) is 5.69 Å². The zero-order valence-electron chi connectivity index (χ0n) is 18.0. The van der Waals surface area contributed by atoms with Crippen molar-refractivity contribution in [1.82, 2.24) is 10.3 Å². The Morgan fingerprint density at radius 1 is 1.39 bits per heavy atom. The van der Waals surface area contributed by atoms with Gasteiger partial charge in [0.1, 0.15) is 11.8 Å². The fraction of sp³-hybridized carbons (Fsp3) is 0.583. The molecule has 102 valence electrons. The van der Waals surface area contributed by atoms with Crippen LogP contribution in [0, 0.1) is 0 Å². The lowest BCUT2D eigenvalue weighted by Gasteiger charge is -2.22. The molecule has 1 aromatic heterocycles. The maximum Gasteiger partial charge on any atom is 0.433 e. The molecule has 0 amide bonds. The molecule has 0 saturated carbocycles. The van der Waals surface area contributed by atoms with Crippen LogP contribution in [0.1, 0.15) is 50.4 Å². The number of hydrogen-bond acceptors (Lipinski definition) is 3. The van der Waals surface area contributed by atoms with Crippen LogP contribution in [0.15, 0.2) is 18.2 Å². The highest BCUT2D eigenvalue weighted by Crippen LogP contribution is 2.28. The largest absolute Gasteiger partial charge is 0.433 e. The van der Waals surface area contributed by atoms with E-state index in [1.165, 1.54) is 0 Å². The van der Waals surface area contributed by atoms with Crippen LogP contribution in [-0.2, 0) is 6.18 Å². The second-order valence-electron chi connectivity index (χ2n) is 3.59. The molecule has 1 unspecified atom stereocenters. The number of hydrogen-bond donors (Lipinski definition) is 2. The number of aliphatic hydroxyl groups excluding tert-OH is 1. The van der Waals surface area contributed by atoms with E-state index in [-0.39, 0.29) is 0 Å². The number of aliphatic hydroxyl groups is 1. The minimum absolute atomic E-state index is 0.534. The van der Waals surface area contributed by atoms with E-state index in [2.05, 4.69) is 4.98 Å². The van der Waals surface area contributed by atoms with Crippen molar-refractivity contribution in [2.45, 2.75) is 38.4 Å². The van der Waals surface area contributed by atoms with Crippen molar-refractivity contribution in [1.29, 1.82) is 0 Å². The number of rotatable bonds is 3. The van der Waals surface area contributed by atoms with Crippen LogP contribution in [-0.4, -0.2) is 22.2 Å². The molecule has 0 aliphatic rings. The van der Waals surface area contributed by atoms with Crippen LogP contribution in [0.25, 0.3) is 0 Å². The van der Waals surface area contributed by atoms with Crippen LogP contribution < -0.4 is 5.32 Å². The van der Waals surface area contributed by atoms with E-state index < -0.39 is 56.3 Å². The Hall–Kier alpha value is -1.14. The molecule has 0 aliphatic carbocycles. The molecule has 0 bridgehead atoms. The third kappa shape index (κ3) is 4.62. The van der Waals surface area contributed by atoms with Gasteiger partial charge < -0.3 is 10.4 Å². The summed E-state index contributed by atoms with van der Waals surface area (Å²) in [5, 5.41) is 11.9. The Labute approximate surface area is 117 Å². The third-order valence-corrected chi connectivity index (χ3v) is 1.96. The average Bonchev–Trinajstić information content (AvgIpc) is 2.42. The van der Waals surface area contributed by atoms with Gasteiger partial charge in [0, 0.05) is 24.4 Å². The lowest BCUT2D eigenvalue weighted by molar-refractivity contribution is -0.141. The molecular formula is C12H17F3N2O. The fourth-order valence-corrected chi connectivity index (χ4v) is 1.15. The van der Waals surface area contributed by atoms with Crippen LogP contribution >= 0.6 is 0 Å². The summed E-state index contributed by atoms with van der Waals surface area (Å²) in [5.41, 5.74) is -5.27. The first kappa shape index (κ1) is 6.34. The van der Waals surface area contributed by atoms with Crippen LogP contribution in [0.3, 0.4) is 0 Å². The Morgan fingerprint density at radius 3 is 2.61 bits per heavy atom. The first-order chi connectivity index (χ1) is 11.8. The molecule has 0 saturated heterocycles. The second kappa shape index (κ2) is 5.24. The average molecular weight is 271 g/mol. The zero-order chi connectivity index (χ0) is 21.5. The SMILES string of the molecule is [2H]C([2H])([2H])C(NCC(O)c1cccc(C(F)(F)F)n1)(C([2H])([2H])[2H])C([2H])([2H])[2H]. The molecule has 0 fully saturated rings. The second-order valence-corrected chi connectivity index (χ2v) is 3.59. The standard InChI is InChI=1S/C12H17F3N2O/c1-11(2,3)16-7-9(18)8-5-4-6-10(17-8)12(13,14)15/h4-6,9,16,18H,7H2,1-3H3/i1D3,2D3,3D3. The minimum Gasteiger partial charge on any atom is -0.385 e. The topological polar surface area (TPSA) is 45.1 Å². The van der Waals surface area contributed by atoms with E-state index in [9.17, 15) is 18.3 Å². The van der Waals surface area contributed by atoms with Crippen molar-refractivity contribution in [2.24, 2.45) is 0 Å². The van der Waals surface area contributed by atoms with E-state index in [1.54, 1.807) is 0 Å². The van der Waals surface area contributed by atoms with Crippen molar-refractivity contribution in [2.75, 3.05) is 6.54 Å². The third-order valence-electron chi connectivity index (χ3n) is 1.96. The number of nitrogens with one attached hydrogen (secondary N) is 1. The summed E-state index contributed by atoms with van der Waals surface area (Å²) in [7, 11) is 0. The van der Waals surface area contributed by atoms with Crippen molar-refractivity contribution >= 4 is 0 Å². The highest BCUT2D eigenvalue weighted by Gasteiger charge is 2.32. The van der Waals surface area contributed by atoms with Gasteiger partial charge in [-0.1, -0.05) is 6.07 Å². The highest BCUT2D eigenvalue weighted by molar-refractivity contribution is 5.15. The normalized spacial score (nSPS) is 24.1.